The van der Waals surface area contributed by atoms with Gasteiger partial charge in [0.25, 0.3) is 0 Å². The fourth-order valence-corrected chi connectivity index (χ4v) is 4.27. The molecule has 2 heterocycles. The number of aliphatic hydroxyl groups excluding tert-OH is 1. The predicted octanol–water partition coefficient (Wildman–Crippen LogP) is 2.99. The first kappa shape index (κ1) is 14.8. The highest BCUT2D eigenvalue weighted by molar-refractivity contribution is 5.86. The summed E-state index contributed by atoms with van der Waals surface area (Å²) < 4.78 is 0. The number of aromatic nitrogens is 1. The van der Waals surface area contributed by atoms with Crippen LogP contribution in [0, 0.1) is 5.92 Å². The molecule has 1 aliphatic heterocycles. The number of nitrogens with zero attached hydrogens (tertiary/aromatic N) is 1. The summed E-state index contributed by atoms with van der Waals surface area (Å²) in [7, 11) is 0. The topological polar surface area (TPSA) is 56.3 Å². The molecule has 4 nitrogen and oxygen atoms in total. The minimum Gasteiger partial charge on any atom is -0.394 e. The van der Waals surface area contributed by atoms with Crippen LogP contribution in [-0.2, 0) is 17.8 Å². The minimum absolute atomic E-state index is 0.0391. The number of amides is 1. The number of H-pyrrole nitrogens is 1. The predicted molar refractivity (Wildman–Crippen MR) is 90.0 cm³/mol. The summed E-state index contributed by atoms with van der Waals surface area (Å²) in [4.78, 5) is 18.3. The number of rotatable bonds is 2. The molecule has 1 unspecified atom stereocenters. The second-order valence-corrected chi connectivity index (χ2v) is 6.97. The molecule has 4 heteroatoms. The van der Waals surface area contributed by atoms with Crippen molar-refractivity contribution >= 4 is 16.8 Å². The molecule has 122 valence electrons. The largest absolute Gasteiger partial charge is 0.394 e. The number of carbonyl (C=O) groups is 1. The maximum absolute atomic E-state index is 12.9. The lowest BCUT2D eigenvalue weighted by Crippen LogP contribution is -2.48. The van der Waals surface area contributed by atoms with Crippen LogP contribution in [0.4, 0.5) is 0 Å². The van der Waals surface area contributed by atoms with E-state index in [-0.39, 0.29) is 24.5 Å². The summed E-state index contributed by atoms with van der Waals surface area (Å²) in [6, 6.07) is 8.19. The molecule has 0 spiro atoms. The van der Waals surface area contributed by atoms with E-state index in [1.165, 1.54) is 17.4 Å². The van der Waals surface area contributed by atoms with E-state index in [0.29, 0.717) is 6.54 Å². The molecule has 1 fully saturated rings. The van der Waals surface area contributed by atoms with E-state index >= 15 is 0 Å². The summed E-state index contributed by atoms with van der Waals surface area (Å²) in [6.07, 6.45) is 6.32. The van der Waals surface area contributed by atoms with Gasteiger partial charge in [-0.15, -0.1) is 0 Å². The molecular weight excluding hydrogens is 288 g/mol. The van der Waals surface area contributed by atoms with Crippen molar-refractivity contribution in [2.45, 2.75) is 51.1 Å². The van der Waals surface area contributed by atoms with Crippen LogP contribution >= 0.6 is 0 Å². The molecule has 2 aromatic rings. The molecular formula is C19H24N2O2. The SMILES string of the molecule is O=C(C1CCCCC1)N1Cc2[nH]c3ccccc3c2CC1CO. The van der Waals surface area contributed by atoms with Gasteiger partial charge in [0.15, 0.2) is 0 Å². The van der Waals surface area contributed by atoms with Gasteiger partial charge < -0.3 is 15.0 Å². The molecule has 1 atom stereocenters. The van der Waals surface area contributed by atoms with E-state index in [9.17, 15) is 9.90 Å². The highest BCUT2D eigenvalue weighted by atomic mass is 16.3. The summed E-state index contributed by atoms with van der Waals surface area (Å²) in [5.74, 6) is 0.400. The van der Waals surface area contributed by atoms with Gasteiger partial charge in [-0.3, -0.25) is 4.79 Å². The van der Waals surface area contributed by atoms with Crippen LogP contribution in [0.2, 0.25) is 0 Å². The van der Waals surface area contributed by atoms with Gasteiger partial charge in [0.05, 0.1) is 19.2 Å². The van der Waals surface area contributed by atoms with Crippen molar-refractivity contribution in [3.8, 4) is 0 Å². The van der Waals surface area contributed by atoms with Gasteiger partial charge in [0.2, 0.25) is 5.91 Å². The lowest BCUT2D eigenvalue weighted by atomic mass is 9.87. The van der Waals surface area contributed by atoms with Gasteiger partial charge in [-0.1, -0.05) is 37.5 Å². The Morgan fingerprint density at radius 3 is 2.78 bits per heavy atom. The van der Waals surface area contributed by atoms with Gasteiger partial charge in [-0.25, -0.2) is 0 Å². The first-order chi connectivity index (χ1) is 11.3. The average Bonchev–Trinajstić information content (AvgIpc) is 2.98. The van der Waals surface area contributed by atoms with Crippen LogP contribution in [0.25, 0.3) is 10.9 Å². The number of para-hydroxylation sites is 1. The minimum atomic E-state index is -0.0869. The molecule has 1 saturated carbocycles. The van der Waals surface area contributed by atoms with Crippen molar-refractivity contribution in [2.75, 3.05) is 6.61 Å². The van der Waals surface area contributed by atoms with E-state index < -0.39 is 0 Å². The summed E-state index contributed by atoms with van der Waals surface area (Å²) in [5.41, 5.74) is 3.54. The molecule has 2 aliphatic rings. The second kappa shape index (κ2) is 6.00. The van der Waals surface area contributed by atoms with E-state index in [0.717, 1.165) is 43.3 Å². The molecule has 2 N–H and O–H groups in total. The molecule has 4 rings (SSSR count). The first-order valence-corrected chi connectivity index (χ1v) is 8.77. The lowest BCUT2D eigenvalue weighted by Gasteiger charge is -2.37. The Morgan fingerprint density at radius 2 is 2.00 bits per heavy atom. The molecule has 1 aliphatic carbocycles. The smallest absolute Gasteiger partial charge is 0.226 e. The van der Waals surface area contributed by atoms with Gasteiger partial charge in [-0.05, 0) is 30.9 Å². The fourth-order valence-electron chi connectivity index (χ4n) is 4.27. The van der Waals surface area contributed by atoms with E-state index in [1.807, 2.05) is 17.0 Å². The Labute approximate surface area is 136 Å². The van der Waals surface area contributed by atoms with Crippen LogP contribution in [0.1, 0.15) is 43.4 Å². The second-order valence-electron chi connectivity index (χ2n) is 6.97. The van der Waals surface area contributed by atoms with Crippen molar-refractivity contribution < 1.29 is 9.90 Å². The maximum atomic E-state index is 12.9. The zero-order chi connectivity index (χ0) is 15.8. The third-order valence-electron chi connectivity index (χ3n) is 5.56. The van der Waals surface area contributed by atoms with E-state index in [2.05, 4.69) is 17.1 Å². The maximum Gasteiger partial charge on any atom is 0.226 e. The molecule has 1 aromatic carbocycles. The quantitative estimate of drug-likeness (QED) is 0.895. The van der Waals surface area contributed by atoms with Gasteiger partial charge in [0, 0.05) is 22.5 Å². The number of hydrogen-bond donors (Lipinski definition) is 2. The number of nitrogens with one attached hydrogen (secondary N) is 1. The van der Waals surface area contributed by atoms with Crippen LogP contribution in [0.15, 0.2) is 24.3 Å². The van der Waals surface area contributed by atoms with Crippen molar-refractivity contribution in [1.82, 2.24) is 9.88 Å². The normalized spacial score (nSPS) is 22.3. The van der Waals surface area contributed by atoms with Crippen molar-refractivity contribution in [1.29, 1.82) is 0 Å². The Hall–Kier alpha value is -1.81. The third kappa shape index (κ3) is 2.55. The Bertz CT molecular complexity index is 715. The third-order valence-corrected chi connectivity index (χ3v) is 5.56. The van der Waals surface area contributed by atoms with Crippen molar-refractivity contribution in [2.24, 2.45) is 5.92 Å². The Kier molecular flexibility index (Phi) is 3.85. The number of carbonyl (C=O) groups excluding carboxylic acids is 1. The van der Waals surface area contributed by atoms with E-state index in [4.69, 9.17) is 0 Å². The standard InChI is InChI=1S/C19H24N2O2/c22-12-14-10-16-15-8-4-5-9-17(15)20-18(16)11-21(14)19(23)13-6-2-1-3-7-13/h4-5,8-9,13-14,20,22H,1-3,6-7,10-12H2. The lowest BCUT2D eigenvalue weighted by molar-refractivity contribution is -0.141. The van der Waals surface area contributed by atoms with Crippen LogP contribution in [0.3, 0.4) is 0 Å². The molecule has 0 radical (unpaired) electrons. The zero-order valence-corrected chi connectivity index (χ0v) is 13.4. The molecule has 0 bridgehead atoms. The Morgan fingerprint density at radius 1 is 1.22 bits per heavy atom. The highest BCUT2D eigenvalue weighted by Crippen LogP contribution is 2.33. The van der Waals surface area contributed by atoms with Crippen LogP contribution in [0.5, 0.6) is 0 Å². The number of aromatic amines is 1. The molecule has 23 heavy (non-hydrogen) atoms. The Balaban J connectivity index is 1.64. The van der Waals surface area contributed by atoms with Gasteiger partial charge >= 0.3 is 0 Å². The van der Waals surface area contributed by atoms with E-state index in [1.54, 1.807) is 0 Å². The molecule has 1 amide bonds. The summed E-state index contributed by atoms with van der Waals surface area (Å²) >= 11 is 0. The molecule has 1 aromatic heterocycles. The monoisotopic (exact) mass is 312 g/mol. The number of aliphatic hydroxyl groups is 1. The average molecular weight is 312 g/mol. The summed E-state index contributed by atoms with van der Waals surface area (Å²) in [6.45, 7) is 0.641. The van der Waals surface area contributed by atoms with Crippen LogP contribution in [-0.4, -0.2) is 33.5 Å². The number of hydrogen-bond acceptors (Lipinski definition) is 2. The van der Waals surface area contributed by atoms with Gasteiger partial charge in [0.1, 0.15) is 0 Å². The zero-order valence-electron chi connectivity index (χ0n) is 13.4. The first-order valence-electron chi connectivity index (χ1n) is 8.77. The fraction of sp³-hybridized carbons (Fsp3) is 0.526. The summed E-state index contributed by atoms with van der Waals surface area (Å²) in [5, 5.41) is 11.1. The molecule has 0 saturated heterocycles. The van der Waals surface area contributed by atoms with Crippen LogP contribution < -0.4 is 0 Å². The van der Waals surface area contributed by atoms with Gasteiger partial charge in [-0.2, -0.15) is 0 Å². The number of fused-ring (bicyclic) bond motifs is 3. The van der Waals surface area contributed by atoms with Crippen molar-refractivity contribution in [3.63, 3.8) is 0 Å². The number of benzene rings is 1. The van der Waals surface area contributed by atoms with Crippen molar-refractivity contribution in [3.05, 3.63) is 35.5 Å². The highest BCUT2D eigenvalue weighted by Gasteiger charge is 2.35.